The highest BCUT2D eigenvalue weighted by molar-refractivity contribution is 5.91. The smallest absolute Gasteiger partial charge is 0.286 e. The number of para-hydroxylation sites is 1. The summed E-state index contributed by atoms with van der Waals surface area (Å²) in [7, 11) is 1.85. The first kappa shape index (κ1) is 33.4. The number of carbonyl (C=O) groups excluding carboxylic acids is 2. The average Bonchev–Trinajstić information content (AvgIpc) is 3.53. The number of hydrogen-bond acceptors (Lipinski definition) is 8. The van der Waals surface area contributed by atoms with Crippen molar-refractivity contribution >= 4 is 11.8 Å². The van der Waals surface area contributed by atoms with Gasteiger partial charge in [-0.3, -0.25) is 19.1 Å². The summed E-state index contributed by atoms with van der Waals surface area (Å²) < 4.78 is 26.7. The third-order valence-electron chi connectivity index (χ3n) is 8.14. The van der Waals surface area contributed by atoms with Gasteiger partial charge in [0.2, 0.25) is 12.2 Å². The molecule has 1 aromatic carbocycles. The monoisotopic (exact) mass is 614 g/mol. The minimum atomic E-state index is -0.781. The highest BCUT2D eigenvalue weighted by atomic mass is 16.7. The SMILES string of the molecule is CCOC1OC(C(=O)NCCCN2CCCC2=O)=CC(c2c(C)n(C)n(-c3ccccc3)c2=O)C1CCOCCOCCO. The number of aromatic nitrogens is 2. The molecule has 12 heteroatoms. The number of aliphatic hydroxyl groups excluding tert-OH is 1. The summed E-state index contributed by atoms with van der Waals surface area (Å²) in [5.74, 6) is -0.927. The van der Waals surface area contributed by atoms with Crippen LogP contribution in [0.25, 0.3) is 5.69 Å². The number of rotatable bonds is 17. The number of nitrogens with one attached hydrogen (secondary N) is 1. The summed E-state index contributed by atoms with van der Waals surface area (Å²) in [6.45, 7) is 7.13. The van der Waals surface area contributed by atoms with Crippen LogP contribution in [0.3, 0.4) is 0 Å². The van der Waals surface area contributed by atoms with Crippen molar-refractivity contribution in [1.29, 1.82) is 0 Å². The zero-order valence-corrected chi connectivity index (χ0v) is 26.0. The van der Waals surface area contributed by atoms with Crippen LogP contribution < -0.4 is 10.9 Å². The second kappa shape index (κ2) is 16.6. The van der Waals surface area contributed by atoms with E-state index >= 15 is 0 Å². The standard InChI is InChI=1S/C32H46N4O8/c1-4-43-32-25(13-18-41-20-21-42-19-17-37)26(29-23(2)34(3)36(31(29)40)24-10-6-5-7-11-24)22-27(44-32)30(39)33-14-9-16-35-15-8-12-28(35)38/h5-7,10-11,22,25-26,32,37H,4,8-9,12-21H2,1-3H3,(H,33,39). The van der Waals surface area contributed by atoms with Crippen molar-refractivity contribution in [1.82, 2.24) is 19.6 Å². The first-order chi connectivity index (χ1) is 21.4. The molecule has 1 fully saturated rings. The first-order valence-corrected chi connectivity index (χ1v) is 15.5. The van der Waals surface area contributed by atoms with Crippen LogP contribution in [-0.4, -0.2) is 96.7 Å². The lowest BCUT2D eigenvalue weighted by Gasteiger charge is -2.36. The van der Waals surface area contributed by atoms with Gasteiger partial charge < -0.3 is 34.3 Å². The summed E-state index contributed by atoms with van der Waals surface area (Å²) in [5.41, 5.74) is 1.91. The highest BCUT2D eigenvalue weighted by Gasteiger charge is 2.41. The van der Waals surface area contributed by atoms with Crippen molar-refractivity contribution in [2.24, 2.45) is 13.0 Å². The molecule has 12 nitrogen and oxygen atoms in total. The van der Waals surface area contributed by atoms with Crippen LogP contribution >= 0.6 is 0 Å². The molecule has 0 saturated carbocycles. The molecule has 242 valence electrons. The van der Waals surface area contributed by atoms with Crippen LogP contribution in [0.4, 0.5) is 0 Å². The van der Waals surface area contributed by atoms with E-state index in [0.717, 1.165) is 24.3 Å². The van der Waals surface area contributed by atoms with Gasteiger partial charge in [-0.15, -0.1) is 0 Å². The molecule has 1 saturated heterocycles. The lowest BCUT2D eigenvalue weighted by atomic mass is 9.81. The third kappa shape index (κ3) is 8.17. The number of aliphatic hydroxyl groups is 1. The van der Waals surface area contributed by atoms with Gasteiger partial charge in [0.1, 0.15) is 0 Å². The van der Waals surface area contributed by atoms with Crippen LogP contribution in [0.1, 0.15) is 49.8 Å². The topological polar surface area (TPSA) is 133 Å². The van der Waals surface area contributed by atoms with Gasteiger partial charge in [0.15, 0.2) is 5.76 Å². The molecule has 2 aliphatic rings. The van der Waals surface area contributed by atoms with E-state index in [0.29, 0.717) is 64.3 Å². The Morgan fingerprint density at radius 1 is 1.11 bits per heavy atom. The van der Waals surface area contributed by atoms with E-state index in [1.165, 1.54) is 0 Å². The maximum Gasteiger partial charge on any atom is 0.286 e. The van der Waals surface area contributed by atoms with Crippen LogP contribution in [-0.2, 0) is 35.6 Å². The van der Waals surface area contributed by atoms with E-state index in [4.69, 9.17) is 24.1 Å². The third-order valence-corrected chi connectivity index (χ3v) is 8.14. The number of hydrogen-bond donors (Lipinski definition) is 2. The largest absolute Gasteiger partial charge is 0.459 e. The number of ether oxygens (including phenoxy) is 4. The summed E-state index contributed by atoms with van der Waals surface area (Å²) in [6, 6.07) is 9.43. The average molecular weight is 615 g/mol. The Hall–Kier alpha value is -3.45. The summed E-state index contributed by atoms with van der Waals surface area (Å²) in [6.07, 6.45) is 3.55. The van der Waals surface area contributed by atoms with E-state index in [-0.39, 0.29) is 42.3 Å². The van der Waals surface area contributed by atoms with E-state index in [1.807, 2.05) is 60.8 Å². The van der Waals surface area contributed by atoms with Crippen LogP contribution in [0.5, 0.6) is 0 Å². The number of carbonyl (C=O) groups is 2. The summed E-state index contributed by atoms with van der Waals surface area (Å²) in [5, 5.41) is 11.8. The Balaban J connectivity index is 1.58. The molecule has 0 aliphatic carbocycles. The van der Waals surface area contributed by atoms with E-state index in [9.17, 15) is 14.4 Å². The molecular weight excluding hydrogens is 568 g/mol. The Morgan fingerprint density at radius 3 is 2.55 bits per heavy atom. The van der Waals surface area contributed by atoms with Crippen molar-refractivity contribution in [3.05, 3.63) is 63.8 Å². The first-order valence-electron chi connectivity index (χ1n) is 15.5. The van der Waals surface area contributed by atoms with Gasteiger partial charge in [-0.1, -0.05) is 18.2 Å². The fraction of sp³-hybridized carbons (Fsp3) is 0.594. The number of nitrogens with zero attached hydrogens (tertiary/aromatic N) is 3. The molecule has 3 atom stereocenters. The van der Waals surface area contributed by atoms with Crippen molar-refractivity contribution in [2.45, 2.75) is 51.7 Å². The molecule has 0 radical (unpaired) electrons. The fourth-order valence-corrected chi connectivity index (χ4v) is 5.85. The minimum Gasteiger partial charge on any atom is -0.459 e. The van der Waals surface area contributed by atoms with Gasteiger partial charge in [-0.05, 0) is 51.3 Å². The molecular formula is C32H46N4O8. The molecule has 0 spiro atoms. The van der Waals surface area contributed by atoms with Crippen molar-refractivity contribution in [2.75, 3.05) is 59.3 Å². The lowest BCUT2D eigenvalue weighted by Crippen LogP contribution is -2.41. The Morgan fingerprint density at radius 2 is 1.86 bits per heavy atom. The number of allylic oxidation sites excluding steroid dienone is 1. The zero-order chi connectivity index (χ0) is 31.5. The summed E-state index contributed by atoms with van der Waals surface area (Å²) in [4.78, 5) is 41.2. The van der Waals surface area contributed by atoms with Gasteiger partial charge in [0.05, 0.1) is 32.1 Å². The van der Waals surface area contributed by atoms with Gasteiger partial charge in [-0.25, -0.2) is 4.68 Å². The Bertz CT molecular complexity index is 1320. The molecule has 3 unspecified atom stereocenters. The van der Waals surface area contributed by atoms with Crippen LogP contribution in [0, 0.1) is 12.8 Å². The lowest BCUT2D eigenvalue weighted by molar-refractivity contribution is -0.168. The number of likely N-dealkylation sites (tertiary alicyclic amines) is 1. The predicted molar refractivity (Wildman–Crippen MR) is 163 cm³/mol. The zero-order valence-electron chi connectivity index (χ0n) is 26.0. The van der Waals surface area contributed by atoms with Crippen molar-refractivity contribution < 1.29 is 33.6 Å². The molecule has 3 heterocycles. The second-order valence-corrected chi connectivity index (χ2v) is 11.0. The maximum atomic E-state index is 14.1. The van der Waals surface area contributed by atoms with Crippen LogP contribution in [0.15, 0.2) is 47.0 Å². The second-order valence-electron chi connectivity index (χ2n) is 11.0. The minimum absolute atomic E-state index is 0.0472. The van der Waals surface area contributed by atoms with Gasteiger partial charge >= 0.3 is 0 Å². The quantitative estimate of drug-likeness (QED) is 0.259. The van der Waals surface area contributed by atoms with Gasteiger partial charge in [0, 0.05) is 69.4 Å². The molecule has 0 bridgehead atoms. The molecule has 44 heavy (non-hydrogen) atoms. The van der Waals surface area contributed by atoms with Crippen molar-refractivity contribution in [3.63, 3.8) is 0 Å². The molecule has 4 rings (SSSR count). The van der Waals surface area contributed by atoms with E-state index in [1.54, 1.807) is 10.8 Å². The van der Waals surface area contributed by atoms with Crippen LogP contribution in [0.2, 0.25) is 0 Å². The highest BCUT2D eigenvalue weighted by Crippen LogP contribution is 2.39. The Labute approximate surface area is 258 Å². The van der Waals surface area contributed by atoms with E-state index < -0.39 is 12.2 Å². The molecule has 2 N–H and O–H groups in total. The molecule has 2 aromatic rings. The fourth-order valence-electron chi connectivity index (χ4n) is 5.85. The van der Waals surface area contributed by atoms with E-state index in [2.05, 4.69) is 5.32 Å². The number of amides is 2. The Kier molecular flexibility index (Phi) is 12.6. The van der Waals surface area contributed by atoms with Crippen molar-refractivity contribution in [3.8, 4) is 5.69 Å². The normalized spacial score (nSPS) is 20.1. The molecule has 2 aliphatic heterocycles. The maximum absolute atomic E-state index is 14.1. The number of benzene rings is 1. The van der Waals surface area contributed by atoms with Gasteiger partial charge in [-0.2, -0.15) is 0 Å². The molecule has 2 amide bonds. The predicted octanol–water partition coefficient (Wildman–Crippen LogP) is 2.01. The van der Waals surface area contributed by atoms with Gasteiger partial charge in [0.25, 0.3) is 11.5 Å². The molecule has 1 aromatic heterocycles. The summed E-state index contributed by atoms with van der Waals surface area (Å²) >= 11 is 0.